The highest BCUT2D eigenvalue weighted by Gasteiger charge is 2.31. The Hall–Kier alpha value is -0.0800. The van der Waals surface area contributed by atoms with Gasteiger partial charge in [-0.25, -0.2) is 0 Å². The molecule has 0 aromatic heterocycles. The molecule has 0 saturated heterocycles. The molecule has 88 valence electrons. The predicted octanol–water partition coefficient (Wildman–Crippen LogP) is 2.38. The summed E-state index contributed by atoms with van der Waals surface area (Å²) in [6.07, 6.45) is 11.3. The van der Waals surface area contributed by atoms with Crippen LogP contribution in [0.3, 0.4) is 0 Å². The van der Waals surface area contributed by atoms with E-state index in [1.165, 1.54) is 51.4 Å². The molecular formula is C13H26N2. The van der Waals surface area contributed by atoms with E-state index in [4.69, 9.17) is 5.73 Å². The van der Waals surface area contributed by atoms with E-state index >= 15 is 0 Å². The predicted molar refractivity (Wildman–Crippen MR) is 64.8 cm³/mol. The van der Waals surface area contributed by atoms with Crippen LogP contribution >= 0.6 is 0 Å². The third-order valence-electron chi connectivity index (χ3n) is 4.60. The molecule has 15 heavy (non-hydrogen) atoms. The van der Waals surface area contributed by atoms with Crippen LogP contribution in [-0.2, 0) is 0 Å². The highest BCUT2D eigenvalue weighted by Crippen LogP contribution is 2.32. The average Bonchev–Trinajstić information content (AvgIpc) is 2.81. The number of nitrogens with two attached hydrogens (primary N) is 1. The Kier molecular flexibility index (Phi) is 4.04. The molecule has 0 spiro atoms. The third-order valence-corrected chi connectivity index (χ3v) is 4.60. The van der Waals surface area contributed by atoms with Crippen LogP contribution in [0.5, 0.6) is 0 Å². The van der Waals surface area contributed by atoms with E-state index in [-0.39, 0.29) is 0 Å². The third kappa shape index (κ3) is 2.54. The second-order valence-electron chi connectivity index (χ2n) is 5.45. The van der Waals surface area contributed by atoms with E-state index in [0.29, 0.717) is 0 Å². The Morgan fingerprint density at radius 1 is 1.00 bits per heavy atom. The second kappa shape index (κ2) is 5.31. The minimum Gasteiger partial charge on any atom is -0.330 e. The maximum absolute atomic E-state index is 5.90. The summed E-state index contributed by atoms with van der Waals surface area (Å²) in [7, 11) is 2.34. The van der Waals surface area contributed by atoms with Gasteiger partial charge in [0.05, 0.1) is 0 Å². The standard InChI is InChI=1S/C13H26N2/c1-15(12-7-3-4-8-12)13-9-5-2-6-11(13)10-14/h11-13H,2-10,14H2,1H3. The molecular weight excluding hydrogens is 184 g/mol. The van der Waals surface area contributed by atoms with Gasteiger partial charge in [0.1, 0.15) is 0 Å². The van der Waals surface area contributed by atoms with Crippen molar-refractivity contribution >= 4 is 0 Å². The molecule has 0 aliphatic heterocycles. The van der Waals surface area contributed by atoms with Crippen molar-refractivity contribution in [2.75, 3.05) is 13.6 Å². The number of hydrogen-bond acceptors (Lipinski definition) is 2. The van der Waals surface area contributed by atoms with E-state index < -0.39 is 0 Å². The topological polar surface area (TPSA) is 29.3 Å². The second-order valence-corrected chi connectivity index (χ2v) is 5.45. The zero-order chi connectivity index (χ0) is 10.7. The first-order valence-corrected chi connectivity index (χ1v) is 6.75. The van der Waals surface area contributed by atoms with Gasteiger partial charge in [0.25, 0.3) is 0 Å². The van der Waals surface area contributed by atoms with Gasteiger partial charge in [-0.1, -0.05) is 25.7 Å². The van der Waals surface area contributed by atoms with Crippen molar-refractivity contribution in [3.63, 3.8) is 0 Å². The SMILES string of the molecule is CN(C1CCCC1)C1CCCCC1CN. The van der Waals surface area contributed by atoms with E-state index in [9.17, 15) is 0 Å². The largest absolute Gasteiger partial charge is 0.330 e. The normalized spacial score (nSPS) is 33.8. The zero-order valence-electron chi connectivity index (χ0n) is 10.1. The summed E-state index contributed by atoms with van der Waals surface area (Å²) >= 11 is 0. The molecule has 2 nitrogen and oxygen atoms in total. The number of rotatable bonds is 3. The highest BCUT2D eigenvalue weighted by molar-refractivity contribution is 4.87. The van der Waals surface area contributed by atoms with Crippen LogP contribution in [0.2, 0.25) is 0 Å². The fraction of sp³-hybridized carbons (Fsp3) is 1.00. The van der Waals surface area contributed by atoms with Crippen LogP contribution in [0.1, 0.15) is 51.4 Å². The maximum atomic E-state index is 5.90. The van der Waals surface area contributed by atoms with Gasteiger partial charge in [-0.15, -0.1) is 0 Å². The summed E-state index contributed by atoms with van der Waals surface area (Å²) in [6.45, 7) is 0.891. The van der Waals surface area contributed by atoms with Crippen molar-refractivity contribution in [1.29, 1.82) is 0 Å². The smallest absolute Gasteiger partial charge is 0.0135 e. The molecule has 0 aromatic rings. The summed E-state index contributed by atoms with van der Waals surface area (Å²) in [5.74, 6) is 0.768. The van der Waals surface area contributed by atoms with Crippen molar-refractivity contribution < 1.29 is 0 Å². The van der Waals surface area contributed by atoms with Crippen LogP contribution in [0.15, 0.2) is 0 Å². The van der Waals surface area contributed by atoms with E-state index in [1.54, 1.807) is 0 Å². The average molecular weight is 210 g/mol. The summed E-state index contributed by atoms with van der Waals surface area (Å²) in [5, 5.41) is 0. The highest BCUT2D eigenvalue weighted by atomic mass is 15.2. The summed E-state index contributed by atoms with van der Waals surface area (Å²) in [5.41, 5.74) is 5.90. The number of hydrogen-bond donors (Lipinski definition) is 1. The minimum absolute atomic E-state index is 0.768. The molecule has 2 aliphatic rings. The molecule has 0 aromatic carbocycles. The van der Waals surface area contributed by atoms with Crippen molar-refractivity contribution in [3.8, 4) is 0 Å². The van der Waals surface area contributed by atoms with E-state index in [0.717, 1.165) is 24.5 Å². The van der Waals surface area contributed by atoms with Crippen LogP contribution in [0.4, 0.5) is 0 Å². The van der Waals surface area contributed by atoms with Gasteiger partial charge < -0.3 is 10.6 Å². The summed E-state index contributed by atoms with van der Waals surface area (Å²) < 4.78 is 0. The lowest BCUT2D eigenvalue weighted by Crippen LogP contribution is -2.46. The van der Waals surface area contributed by atoms with Crippen molar-refractivity contribution in [2.45, 2.75) is 63.5 Å². The van der Waals surface area contributed by atoms with Gasteiger partial charge in [-0.05, 0) is 45.2 Å². The first-order valence-electron chi connectivity index (χ1n) is 6.75. The Morgan fingerprint density at radius 2 is 1.60 bits per heavy atom. The quantitative estimate of drug-likeness (QED) is 0.775. The Morgan fingerprint density at radius 3 is 2.27 bits per heavy atom. The molecule has 2 fully saturated rings. The van der Waals surface area contributed by atoms with Crippen LogP contribution in [0.25, 0.3) is 0 Å². The zero-order valence-corrected chi connectivity index (χ0v) is 10.1. The molecule has 2 rings (SSSR count). The minimum atomic E-state index is 0.768. The fourth-order valence-electron chi connectivity index (χ4n) is 3.58. The fourth-order valence-corrected chi connectivity index (χ4v) is 3.58. The van der Waals surface area contributed by atoms with E-state index in [1.807, 2.05) is 0 Å². The lowest BCUT2D eigenvalue weighted by atomic mass is 9.83. The van der Waals surface area contributed by atoms with Crippen molar-refractivity contribution in [3.05, 3.63) is 0 Å². The van der Waals surface area contributed by atoms with E-state index in [2.05, 4.69) is 11.9 Å². The lowest BCUT2D eigenvalue weighted by molar-refractivity contribution is 0.0941. The molecule has 0 amide bonds. The molecule has 0 radical (unpaired) electrons. The van der Waals surface area contributed by atoms with Gasteiger partial charge in [0, 0.05) is 12.1 Å². The maximum Gasteiger partial charge on any atom is 0.0135 e. The lowest BCUT2D eigenvalue weighted by Gasteiger charge is -2.40. The van der Waals surface area contributed by atoms with Gasteiger partial charge >= 0.3 is 0 Å². The Labute approximate surface area is 94.2 Å². The Bertz CT molecular complexity index is 187. The van der Waals surface area contributed by atoms with Crippen LogP contribution < -0.4 is 5.73 Å². The van der Waals surface area contributed by atoms with Gasteiger partial charge in [-0.2, -0.15) is 0 Å². The Balaban J connectivity index is 1.93. The first kappa shape index (κ1) is 11.4. The van der Waals surface area contributed by atoms with Crippen LogP contribution in [-0.4, -0.2) is 30.6 Å². The number of nitrogens with zero attached hydrogens (tertiary/aromatic N) is 1. The molecule has 2 atom stereocenters. The van der Waals surface area contributed by atoms with Gasteiger partial charge in [0.2, 0.25) is 0 Å². The molecule has 2 heteroatoms. The monoisotopic (exact) mass is 210 g/mol. The molecule has 2 N–H and O–H groups in total. The molecule has 2 unspecified atom stereocenters. The molecule has 0 bridgehead atoms. The van der Waals surface area contributed by atoms with Crippen molar-refractivity contribution in [1.82, 2.24) is 4.90 Å². The molecule has 2 saturated carbocycles. The van der Waals surface area contributed by atoms with Gasteiger partial charge in [-0.3, -0.25) is 0 Å². The summed E-state index contributed by atoms with van der Waals surface area (Å²) in [4.78, 5) is 2.67. The molecule has 0 heterocycles. The summed E-state index contributed by atoms with van der Waals surface area (Å²) in [6, 6.07) is 1.65. The van der Waals surface area contributed by atoms with Crippen molar-refractivity contribution in [2.24, 2.45) is 11.7 Å². The first-order chi connectivity index (χ1) is 7.33. The van der Waals surface area contributed by atoms with Crippen LogP contribution in [0, 0.1) is 5.92 Å². The van der Waals surface area contributed by atoms with Gasteiger partial charge in [0.15, 0.2) is 0 Å². The molecule has 2 aliphatic carbocycles.